The maximum absolute atomic E-state index is 13.6. The van der Waals surface area contributed by atoms with Crippen LogP contribution in [-0.2, 0) is 0 Å². The van der Waals surface area contributed by atoms with Crippen LogP contribution in [0.2, 0.25) is 0 Å². The lowest BCUT2D eigenvalue weighted by molar-refractivity contribution is 0.0743. The summed E-state index contributed by atoms with van der Waals surface area (Å²) in [4.78, 5) is 37.3. The summed E-state index contributed by atoms with van der Waals surface area (Å²) < 4.78 is 0. The predicted molar refractivity (Wildman–Crippen MR) is 143 cm³/mol. The van der Waals surface area contributed by atoms with Gasteiger partial charge in [0.15, 0.2) is 0 Å². The number of piperazine rings is 1. The number of rotatable bonds is 4. The molecule has 1 aromatic heterocycles. The summed E-state index contributed by atoms with van der Waals surface area (Å²) in [6.07, 6.45) is 1.58. The number of anilines is 2. The fourth-order valence-electron chi connectivity index (χ4n) is 5.13. The zero-order valence-electron chi connectivity index (χ0n) is 20.8. The molecule has 0 saturated carbocycles. The van der Waals surface area contributed by atoms with Gasteiger partial charge in [-0.25, -0.2) is 4.79 Å². The van der Waals surface area contributed by atoms with Crippen LogP contribution in [0, 0.1) is 6.92 Å². The second-order valence-electron chi connectivity index (χ2n) is 9.56. The van der Waals surface area contributed by atoms with Gasteiger partial charge in [-0.05, 0) is 56.2 Å². The minimum Gasteiger partial charge on any atom is -0.368 e. The number of likely N-dealkylation sites (tertiary alicyclic amines) is 1. The van der Waals surface area contributed by atoms with Gasteiger partial charge in [-0.2, -0.15) is 0 Å². The Kier molecular flexibility index (Phi) is 7.16. The van der Waals surface area contributed by atoms with Crippen LogP contribution in [0.3, 0.4) is 0 Å². The normalized spacial score (nSPS) is 16.6. The topological polar surface area (TPSA) is 68.8 Å². The highest BCUT2D eigenvalue weighted by atomic mass is 16.2. The largest absolute Gasteiger partial charge is 0.368 e. The zero-order valence-corrected chi connectivity index (χ0v) is 20.8. The smallest absolute Gasteiger partial charge is 0.321 e. The number of aryl methyl sites for hydroxylation is 1. The number of hydrogen-bond donors (Lipinski definition) is 1. The van der Waals surface area contributed by atoms with Crippen molar-refractivity contribution in [1.82, 2.24) is 14.8 Å². The number of hydrogen-bond acceptors (Lipinski definition) is 4. The van der Waals surface area contributed by atoms with Crippen molar-refractivity contribution in [3.8, 4) is 0 Å². The molecule has 7 nitrogen and oxygen atoms in total. The molecule has 0 bridgehead atoms. The Morgan fingerprint density at radius 3 is 2.08 bits per heavy atom. The van der Waals surface area contributed by atoms with Crippen molar-refractivity contribution >= 4 is 23.3 Å². The standard InChI is InChI=1S/C29H33N5O2/c1-22-12-13-26(28(35)33-20-18-32(19-21-33)25-10-6-3-7-11-25)27(30-22)23-14-16-34(17-15-23)29(36)31-24-8-4-2-5-9-24/h2-13,23H,14-21H2,1H3,(H,31,36). The number of benzene rings is 2. The van der Waals surface area contributed by atoms with E-state index in [9.17, 15) is 9.59 Å². The second kappa shape index (κ2) is 10.8. The fourth-order valence-corrected chi connectivity index (χ4v) is 5.13. The van der Waals surface area contributed by atoms with Crippen LogP contribution in [0.4, 0.5) is 16.2 Å². The highest BCUT2D eigenvalue weighted by molar-refractivity contribution is 5.95. The lowest BCUT2D eigenvalue weighted by Gasteiger charge is -2.37. The molecule has 2 aromatic carbocycles. The van der Waals surface area contributed by atoms with Gasteiger partial charge in [0.1, 0.15) is 0 Å². The van der Waals surface area contributed by atoms with Gasteiger partial charge in [-0.3, -0.25) is 9.78 Å². The van der Waals surface area contributed by atoms with E-state index in [0.29, 0.717) is 31.7 Å². The SMILES string of the molecule is Cc1ccc(C(=O)N2CCN(c3ccccc3)CC2)c(C2CCN(C(=O)Nc3ccccc3)CC2)n1. The average Bonchev–Trinajstić information content (AvgIpc) is 2.94. The Hall–Kier alpha value is -3.87. The molecule has 2 aliphatic rings. The monoisotopic (exact) mass is 483 g/mol. The van der Waals surface area contributed by atoms with Gasteiger partial charge in [-0.1, -0.05) is 36.4 Å². The highest BCUT2D eigenvalue weighted by Crippen LogP contribution is 2.31. The van der Waals surface area contributed by atoms with Crippen LogP contribution < -0.4 is 10.2 Å². The highest BCUT2D eigenvalue weighted by Gasteiger charge is 2.30. The quantitative estimate of drug-likeness (QED) is 0.581. The summed E-state index contributed by atoms with van der Waals surface area (Å²) in [5, 5.41) is 2.97. The lowest BCUT2D eigenvalue weighted by atomic mass is 9.89. The van der Waals surface area contributed by atoms with E-state index in [4.69, 9.17) is 4.98 Å². The number of urea groups is 1. The van der Waals surface area contributed by atoms with Crippen molar-refractivity contribution in [2.24, 2.45) is 0 Å². The third-order valence-corrected chi connectivity index (χ3v) is 7.18. The van der Waals surface area contributed by atoms with Crippen LogP contribution in [0.25, 0.3) is 0 Å². The van der Waals surface area contributed by atoms with Crippen LogP contribution in [0.1, 0.15) is 40.5 Å². The minimum absolute atomic E-state index is 0.0643. The van der Waals surface area contributed by atoms with Crippen LogP contribution in [-0.4, -0.2) is 66.0 Å². The van der Waals surface area contributed by atoms with Crippen molar-refractivity contribution in [3.05, 3.63) is 89.7 Å². The molecule has 2 aliphatic heterocycles. The van der Waals surface area contributed by atoms with Gasteiger partial charge in [0, 0.05) is 62.3 Å². The lowest BCUT2D eigenvalue weighted by Crippen LogP contribution is -2.49. The number of carbonyl (C=O) groups is 2. The fraction of sp³-hybridized carbons (Fsp3) is 0.345. The third kappa shape index (κ3) is 5.35. The molecule has 36 heavy (non-hydrogen) atoms. The summed E-state index contributed by atoms with van der Waals surface area (Å²) in [7, 11) is 0. The Balaban J connectivity index is 1.23. The van der Waals surface area contributed by atoms with E-state index in [1.54, 1.807) is 0 Å². The molecule has 0 aliphatic carbocycles. The first-order chi connectivity index (χ1) is 17.6. The number of piperidine rings is 1. The van der Waals surface area contributed by atoms with Crippen molar-refractivity contribution in [2.75, 3.05) is 49.5 Å². The van der Waals surface area contributed by atoms with Crippen molar-refractivity contribution in [3.63, 3.8) is 0 Å². The number of pyridine rings is 1. The molecule has 0 atom stereocenters. The molecule has 0 radical (unpaired) electrons. The Morgan fingerprint density at radius 2 is 1.42 bits per heavy atom. The van der Waals surface area contributed by atoms with E-state index in [1.807, 2.05) is 77.4 Å². The molecule has 1 N–H and O–H groups in total. The number of amides is 3. The molecule has 5 rings (SSSR count). The van der Waals surface area contributed by atoms with Gasteiger partial charge < -0.3 is 20.0 Å². The predicted octanol–water partition coefficient (Wildman–Crippen LogP) is 4.76. The summed E-state index contributed by atoms with van der Waals surface area (Å²) >= 11 is 0. The molecule has 186 valence electrons. The summed E-state index contributed by atoms with van der Waals surface area (Å²) in [5.41, 5.74) is 4.50. The van der Waals surface area contributed by atoms with Crippen molar-refractivity contribution in [2.45, 2.75) is 25.7 Å². The summed E-state index contributed by atoms with van der Waals surface area (Å²) in [5.74, 6) is 0.227. The molecule has 0 spiro atoms. The van der Waals surface area contributed by atoms with E-state index in [-0.39, 0.29) is 17.9 Å². The first-order valence-corrected chi connectivity index (χ1v) is 12.8. The second-order valence-corrected chi connectivity index (χ2v) is 9.56. The van der Waals surface area contributed by atoms with Gasteiger partial charge in [-0.15, -0.1) is 0 Å². The van der Waals surface area contributed by atoms with Gasteiger partial charge in [0.25, 0.3) is 5.91 Å². The Bertz CT molecular complexity index is 1180. The van der Waals surface area contributed by atoms with Gasteiger partial charge >= 0.3 is 6.03 Å². The molecule has 3 heterocycles. The molecule has 0 unspecified atom stereocenters. The van der Waals surface area contributed by atoms with Gasteiger partial charge in [0.05, 0.1) is 11.3 Å². The summed E-state index contributed by atoms with van der Waals surface area (Å²) in [6.45, 7) is 6.28. The number of nitrogens with zero attached hydrogens (tertiary/aromatic N) is 4. The molecule has 2 fully saturated rings. The number of carbonyl (C=O) groups excluding carboxylic acids is 2. The molecule has 3 amide bonds. The van der Waals surface area contributed by atoms with E-state index >= 15 is 0 Å². The maximum atomic E-state index is 13.6. The zero-order chi connectivity index (χ0) is 24.9. The van der Waals surface area contributed by atoms with Crippen LogP contribution in [0.15, 0.2) is 72.8 Å². The molecule has 3 aromatic rings. The van der Waals surface area contributed by atoms with Crippen LogP contribution in [0.5, 0.6) is 0 Å². The first-order valence-electron chi connectivity index (χ1n) is 12.8. The van der Waals surface area contributed by atoms with E-state index in [0.717, 1.165) is 43.0 Å². The van der Waals surface area contributed by atoms with Crippen LogP contribution >= 0.6 is 0 Å². The first kappa shape index (κ1) is 23.9. The molecular formula is C29H33N5O2. The maximum Gasteiger partial charge on any atom is 0.321 e. The molecule has 7 heteroatoms. The Morgan fingerprint density at radius 1 is 0.778 bits per heavy atom. The third-order valence-electron chi connectivity index (χ3n) is 7.18. The molecular weight excluding hydrogens is 450 g/mol. The summed E-state index contributed by atoms with van der Waals surface area (Å²) in [6, 6.07) is 23.7. The van der Waals surface area contributed by atoms with Crippen molar-refractivity contribution in [1.29, 1.82) is 0 Å². The number of nitrogens with one attached hydrogen (secondary N) is 1. The van der Waals surface area contributed by atoms with E-state index < -0.39 is 0 Å². The van der Waals surface area contributed by atoms with Gasteiger partial charge in [0.2, 0.25) is 0 Å². The number of aromatic nitrogens is 1. The molecule has 2 saturated heterocycles. The van der Waals surface area contributed by atoms with E-state index in [1.165, 1.54) is 5.69 Å². The minimum atomic E-state index is -0.0792. The Labute approximate surface area is 212 Å². The van der Waals surface area contributed by atoms with Crippen molar-refractivity contribution < 1.29 is 9.59 Å². The number of para-hydroxylation sites is 2. The average molecular weight is 484 g/mol. The van der Waals surface area contributed by atoms with E-state index in [2.05, 4.69) is 22.3 Å².